The molecule has 7 nitrogen and oxygen atoms in total. The van der Waals surface area contributed by atoms with E-state index in [-0.39, 0.29) is 0 Å². The Labute approximate surface area is 120 Å². The lowest BCUT2D eigenvalue weighted by Crippen LogP contribution is -2.48. The summed E-state index contributed by atoms with van der Waals surface area (Å²) in [6.45, 7) is 1.61. The maximum absolute atomic E-state index is 13.1. The highest BCUT2D eigenvalue weighted by molar-refractivity contribution is 5.87. The van der Waals surface area contributed by atoms with Crippen LogP contribution in [0.1, 0.15) is 24.9 Å². The number of carbonyl (C=O) groups excluding carboxylic acids is 2. The highest BCUT2D eigenvalue weighted by Crippen LogP contribution is 2.13. The van der Waals surface area contributed by atoms with E-state index in [0.717, 1.165) is 0 Å². The van der Waals surface area contributed by atoms with Crippen molar-refractivity contribution in [3.63, 3.8) is 0 Å². The number of urea groups is 1. The van der Waals surface area contributed by atoms with Crippen LogP contribution in [0.4, 0.5) is 9.18 Å². The van der Waals surface area contributed by atoms with Crippen molar-refractivity contribution in [3.8, 4) is 0 Å². The number of nitrogens with one attached hydrogen (secondary N) is 2. The van der Waals surface area contributed by atoms with Gasteiger partial charge in [0.15, 0.2) is 0 Å². The Bertz CT molecular complexity index is 550. The molecule has 3 amide bonds. The second kappa shape index (κ2) is 7.22. The molecule has 0 aliphatic rings. The maximum atomic E-state index is 13.1. The van der Waals surface area contributed by atoms with Gasteiger partial charge in [-0.25, -0.2) is 14.0 Å². The fourth-order valence-electron chi connectivity index (χ4n) is 1.66. The number of carboxylic acids is 1. The van der Waals surface area contributed by atoms with Crippen molar-refractivity contribution in [1.82, 2.24) is 10.6 Å². The zero-order valence-corrected chi connectivity index (χ0v) is 11.3. The molecular weight excluding hydrogens is 281 g/mol. The summed E-state index contributed by atoms with van der Waals surface area (Å²) in [6.07, 6.45) is -0.517. The van der Waals surface area contributed by atoms with E-state index in [2.05, 4.69) is 10.6 Å². The Morgan fingerprint density at radius 3 is 2.52 bits per heavy atom. The van der Waals surface area contributed by atoms with Crippen LogP contribution < -0.4 is 16.4 Å². The molecule has 8 heteroatoms. The molecule has 21 heavy (non-hydrogen) atoms. The zero-order chi connectivity index (χ0) is 16.0. The van der Waals surface area contributed by atoms with E-state index in [4.69, 9.17) is 10.8 Å². The third-order valence-corrected chi connectivity index (χ3v) is 2.71. The number of benzene rings is 1. The molecule has 1 aromatic carbocycles. The van der Waals surface area contributed by atoms with E-state index in [0.29, 0.717) is 5.56 Å². The predicted molar refractivity (Wildman–Crippen MR) is 71.7 cm³/mol. The van der Waals surface area contributed by atoms with Crippen LogP contribution in [0.25, 0.3) is 0 Å². The summed E-state index contributed by atoms with van der Waals surface area (Å²) in [5.41, 5.74) is 5.42. The standard InChI is InChI=1S/C13H16FN3O4/c1-7(8-3-2-4-9(14)5-8)16-13(21)17-10(12(19)20)6-11(15)18/h2-5,7,10H,6H2,1H3,(H2,15,18)(H,19,20)(H2,16,17,21)/t7?,10-/m1/s1. The monoisotopic (exact) mass is 297 g/mol. The van der Waals surface area contributed by atoms with Gasteiger partial charge in [-0.1, -0.05) is 12.1 Å². The van der Waals surface area contributed by atoms with Crippen LogP contribution >= 0.6 is 0 Å². The largest absolute Gasteiger partial charge is 0.480 e. The average Bonchev–Trinajstić information content (AvgIpc) is 2.37. The summed E-state index contributed by atoms with van der Waals surface area (Å²) in [7, 11) is 0. The zero-order valence-electron chi connectivity index (χ0n) is 11.3. The van der Waals surface area contributed by atoms with E-state index >= 15 is 0 Å². The molecule has 114 valence electrons. The molecule has 5 N–H and O–H groups in total. The fraction of sp³-hybridized carbons (Fsp3) is 0.308. The molecule has 0 spiro atoms. The van der Waals surface area contributed by atoms with Gasteiger partial charge in [-0.15, -0.1) is 0 Å². The van der Waals surface area contributed by atoms with Gasteiger partial charge in [0.05, 0.1) is 12.5 Å². The molecule has 1 aromatic rings. The van der Waals surface area contributed by atoms with Crippen LogP contribution in [0.3, 0.4) is 0 Å². The lowest BCUT2D eigenvalue weighted by molar-refractivity contribution is -0.140. The van der Waals surface area contributed by atoms with E-state index in [1.54, 1.807) is 13.0 Å². The first-order valence-corrected chi connectivity index (χ1v) is 6.13. The molecule has 1 unspecified atom stereocenters. The van der Waals surface area contributed by atoms with Crippen LogP contribution in [0.5, 0.6) is 0 Å². The molecule has 0 saturated heterocycles. The van der Waals surface area contributed by atoms with Gasteiger partial charge in [0.25, 0.3) is 0 Å². The van der Waals surface area contributed by atoms with Gasteiger partial charge in [0, 0.05) is 0 Å². The highest BCUT2D eigenvalue weighted by atomic mass is 19.1. The van der Waals surface area contributed by atoms with Crippen LogP contribution in [0.15, 0.2) is 24.3 Å². The lowest BCUT2D eigenvalue weighted by atomic mass is 10.1. The second-order valence-electron chi connectivity index (χ2n) is 4.46. The van der Waals surface area contributed by atoms with Crippen molar-refractivity contribution in [3.05, 3.63) is 35.6 Å². The normalized spacial score (nSPS) is 13.0. The molecule has 0 aliphatic heterocycles. The van der Waals surface area contributed by atoms with Gasteiger partial charge in [-0.2, -0.15) is 0 Å². The molecule has 1 rings (SSSR count). The van der Waals surface area contributed by atoms with Crippen molar-refractivity contribution in [2.45, 2.75) is 25.4 Å². The van der Waals surface area contributed by atoms with E-state index in [9.17, 15) is 18.8 Å². The third-order valence-electron chi connectivity index (χ3n) is 2.71. The molecule has 0 heterocycles. The average molecular weight is 297 g/mol. The van der Waals surface area contributed by atoms with Gasteiger partial charge in [0.1, 0.15) is 11.9 Å². The highest BCUT2D eigenvalue weighted by Gasteiger charge is 2.22. The van der Waals surface area contributed by atoms with Crippen LogP contribution in [0, 0.1) is 5.82 Å². The maximum Gasteiger partial charge on any atom is 0.326 e. The van der Waals surface area contributed by atoms with Gasteiger partial charge < -0.3 is 21.5 Å². The molecule has 0 fully saturated rings. The molecule has 0 saturated carbocycles. The Morgan fingerprint density at radius 1 is 1.33 bits per heavy atom. The van der Waals surface area contributed by atoms with E-state index < -0.39 is 42.2 Å². The van der Waals surface area contributed by atoms with Gasteiger partial charge >= 0.3 is 12.0 Å². The van der Waals surface area contributed by atoms with Crippen molar-refractivity contribution >= 4 is 17.9 Å². The topological polar surface area (TPSA) is 122 Å². The number of rotatable bonds is 6. The number of nitrogens with two attached hydrogens (primary N) is 1. The molecule has 0 aromatic heterocycles. The number of hydrogen-bond acceptors (Lipinski definition) is 3. The summed E-state index contributed by atoms with van der Waals surface area (Å²) < 4.78 is 13.1. The number of halogens is 1. The van der Waals surface area contributed by atoms with Crippen molar-refractivity contribution in [2.75, 3.05) is 0 Å². The summed E-state index contributed by atoms with van der Waals surface area (Å²) in [5, 5.41) is 13.4. The van der Waals surface area contributed by atoms with Crippen molar-refractivity contribution < 1.29 is 23.9 Å². The number of carbonyl (C=O) groups is 3. The number of aliphatic carboxylic acids is 1. The number of carboxylic acid groups (broad SMARTS) is 1. The molecule has 0 aliphatic carbocycles. The van der Waals surface area contributed by atoms with Crippen LogP contribution in [0.2, 0.25) is 0 Å². The van der Waals surface area contributed by atoms with Crippen LogP contribution in [-0.4, -0.2) is 29.1 Å². The minimum atomic E-state index is -1.41. The molecule has 2 atom stereocenters. The number of hydrogen-bond donors (Lipinski definition) is 4. The van der Waals surface area contributed by atoms with Crippen molar-refractivity contribution in [1.29, 1.82) is 0 Å². The quantitative estimate of drug-likeness (QED) is 0.611. The third kappa shape index (κ3) is 5.47. The summed E-state index contributed by atoms with van der Waals surface area (Å²) in [4.78, 5) is 33.3. The van der Waals surface area contributed by atoms with Crippen molar-refractivity contribution in [2.24, 2.45) is 5.73 Å². The SMILES string of the molecule is CC(NC(=O)N[C@H](CC(N)=O)C(=O)O)c1cccc(F)c1. The first-order chi connectivity index (χ1) is 9.79. The second-order valence-corrected chi connectivity index (χ2v) is 4.46. The Morgan fingerprint density at radius 2 is 2.00 bits per heavy atom. The Hall–Kier alpha value is -2.64. The van der Waals surface area contributed by atoms with Gasteiger partial charge in [-0.05, 0) is 24.6 Å². The minimum absolute atomic E-state index is 0.446. The minimum Gasteiger partial charge on any atom is -0.480 e. The first kappa shape index (κ1) is 16.4. The summed E-state index contributed by atoms with van der Waals surface area (Å²) >= 11 is 0. The summed E-state index contributed by atoms with van der Waals surface area (Å²) in [6, 6.07) is 2.89. The summed E-state index contributed by atoms with van der Waals surface area (Å²) in [5.74, 6) is -2.66. The molecule has 0 bridgehead atoms. The van der Waals surface area contributed by atoms with Gasteiger partial charge in [-0.3, -0.25) is 4.79 Å². The first-order valence-electron chi connectivity index (χ1n) is 6.13. The molecule has 0 radical (unpaired) electrons. The predicted octanol–water partition coefficient (Wildman–Crippen LogP) is 0.514. The Kier molecular flexibility index (Phi) is 5.65. The smallest absolute Gasteiger partial charge is 0.326 e. The van der Waals surface area contributed by atoms with E-state index in [1.165, 1.54) is 18.2 Å². The number of amides is 3. The lowest BCUT2D eigenvalue weighted by Gasteiger charge is -2.18. The number of primary amides is 1. The van der Waals surface area contributed by atoms with Crippen LogP contribution in [-0.2, 0) is 9.59 Å². The van der Waals surface area contributed by atoms with Gasteiger partial charge in [0.2, 0.25) is 5.91 Å². The molecular formula is C13H16FN3O4. The van der Waals surface area contributed by atoms with E-state index in [1.807, 2.05) is 0 Å². The Balaban J connectivity index is 2.63. The fourth-order valence-corrected chi connectivity index (χ4v) is 1.66.